The highest BCUT2D eigenvalue weighted by Crippen LogP contribution is 2.20. The number of carbonyl (C=O) groups is 2. The molecule has 2 aromatic heterocycles. The van der Waals surface area contributed by atoms with Gasteiger partial charge >= 0.3 is 0 Å². The van der Waals surface area contributed by atoms with Gasteiger partial charge in [0.25, 0.3) is 5.91 Å². The van der Waals surface area contributed by atoms with E-state index in [9.17, 15) is 9.59 Å². The molecule has 0 saturated heterocycles. The summed E-state index contributed by atoms with van der Waals surface area (Å²) in [6, 6.07) is 18.1. The minimum atomic E-state index is -0.240. The SMILES string of the molecule is COc1cccc(NC(=O)CSc2nnc3ccc(C(=O)Nc4ccc(C)cc4)cn23)c1. The number of aryl methyl sites for hydroxylation is 1. The van der Waals surface area contributed by atoms with E-state index in [2.05, 4.69) is 20.8 Å². The Balaban J connectivity index is 1.43. The van der Waals surface area contributed by atoms with Crippen LogP contribution in [0.3, 0.4) is 0 Å². The average molecular weight is 448 g/mol. The number of rotatable bonds is 7. The molecule has 0 spiro atoms. The number of ether oxygens (including phenoxy) is 1. The molecular weight excluding hydrogens is 426 g/mol. The number of fused-ring (bicyclic) bond motifs is 1. The molecule has 0 atom stereocenters. The quantitative estimate of drug-likeness (QED) is 0.415. The number of amides is 2. The minimum Gasteiger partial charge on any atom is -0.497 e. The normalized spacial score (nSPS) is 10.7. The predicted octanol–water partition coefficient (Wildman–Crippen LogP) is 4.03. The number of anilines is 2. The number of hydrogen-bond donors (Lipinski definition) is 2. The summed E-state index contributed by atoms with van der Waals surface area (Å²) in [4.78, 5) is 25.0. The fraction of sp³-hybridized carbons (Fsp3) is 0.130. The predicted molar refractivity (Wildman–Crippen MR) is 124 cm³/mol. The lowest BCUT2D eigenvalue weighted by Crippen LogP contribution is -2.14. The third kappa shape index (κ3) is 5.06. The molecule has 0 aliphatic carbocycles. The van der Waals surface area contributed by atoms with Crippen LogP contribution in [-0.2, 0) is 4.79 Å². The molecule has 0 radical (unpaired) electrons. The van der Waals surface area contributed by atoms with Gasteiger partial charge in [0, 0.05) is 23.6 Å². The monoisotopic (exact) mass is 447 g/mol. The summed E-state index contributed by atoms with van der Waals surface area (Å²) in [7, 11) is 1.57. The highest BCUT2D eigenvalue weighted by atomic mass is 32.2. The Morgan fingerprint density at radius 1 is 1.00 bits per heavy atom. The van der Waals surface area contributed by atoms with Crippen molar-refractivity contribution in [3.05, 3.63) is 78.0 Å². The second kappa shape index (κ2) is 9.52. The Bertz CT molecular complexity index is 1270. The van der Waals surface area contributed by atoms with Gasteiger partial charge in [0.05, 0.1) is 18.4 Å². The molecule has 8 nitrogen and oxygen atoms in total. The van der Waals surface area contributed by atoms with Gasteiger partial charge in [0.15, 0.2) is 10.8 Å². The van der Waals surface area contributed by atoms with Crippen molar-refractivity contribution >= 4 is 40.6 Å². The number of nitrogens with one attached hydrogen (secondary N) is 2. The van der Waals surface area contributed by atoms with Crippen molar-refractivity contribution in [2.75, 3.05) is 23.5 Å². The van der Waals surface area contributed by atoms with Crippen molar-refractivity contribution < 1.29 is 14.3 Å². The van der Waals surface area contributed by atoms with Crippen molar-refractivity contribution in [3.63, 3.8) is 0 Å². The van der Waals surface area contributed by atoms with Gasteiger partial charge in [-0.3, -0.25) is 14.0 Å². The molecule has 0 fully saturated rings. The lowest BCUT2D eigenvalue weighted by molar-refractivity contribution is -0.113. The number of carbonyl (C=O) groups excluding carboxylic acids is 2. The number of aromatic nitrogens is 3. The lowest BCUT2D eigenvalue weighted by Gasteiger charge is -2.07. The number of methoxy groups -OCH3 is 1. The molecule has 4 aromatic rings. The number of thioether (sulfide) groups is 1. The molecule has 2 amide bonds. The van der Waals surface area contributed by atoms with Gasteiger partial charge in [-0.25, -0.2) is 0 Å². The molecule has 32 heavy (non-hydrogen) atoms. The fourth-order valence-corrected chi connectivity index (χ4v) is 3.69. The maximum absolute atomic E-state index is 12.7. The van der Waals surface area contributed by atoms with Crippen LogP contribution in [0.15, 0.2) is 72.0 Å². The molecule has 9 heteroatoms. The Morgan fingerprint density at radius 3 is 2.59 bits per heavy atom. The van der Waals surface area contributed by atoms with E-state index in [0.29, 0.717) is 33.5 Å². The van der Waals surface area contributed by atoms with Gasteiger partial charge in [0.1, 0.15) is 5.75 Å². The van der Waals surface area contributed by atoms with Gasteiger partial charge < -0.3 is 15.4 Å². The molecule has 0 aliphatic rings. The first kappa shape index (κ1) is 21.4. The van der Waals surface area contributed by atoms with Gasteiger partial charge in [-0.2, -0.15) is 0 Å². The van der Waals surface area contributed by atoms with Gasteiger partial charge in [0.2, 0.25) is 5.91 Å². The van der Waals surface area contributed by atoms with Crippen molar-refractivity contribution in [1.29, 1.82) is 0 Å². The first-order valence-corrected chi connectivity index (χ1v) is 10.8. The summed E-state index contributed by atoms with van der Waals surface area (Å²) >= 11 is 1.23. The zero-order valence-electron chi connectivity index (χ0n) is 17.5. The first-order chi connectivity index (χ1) is 15.5. The molecule has 162 valence electrons. The summed E-state index contributed by atoms with van der Waals surface area (Å²) < 4.78 is 6.87. The molecule has 2 heterocycles. The summed E-state index contributed by atoms with van der Waals surface area (Å²) in [6.07, 6.45) is 1.67. The minimum absolute atomic E-state index is 0.137. The lowest BCUT2D eigenvalue weighted by atomic mass is 10.2. The Morgan fingerprint density at radius 2 is 1.81 bits per heavy atom. The highest BCUT2D eigenvalue weighted by Gasteiger charge is 2.13. The van der Waals surface area contributed by atoms with Crippen molar-refractivity contribution in [3.8, 4) is 5.75 Å². The second-order valence-electron chi connectivity index (χ2n) is 7.02. The van der Waals surface area contributed by atoms with E-state index in [-0.39, 0.29) is 17.6 Å². The van der Waals surface area contributed by atoms with Crippen LogP contribution in [0.2, 0.25) is 0 Å². The van der Waals surface area contributed by atoms with Crippen molar-refractivity contribution in [2.45, 2.75) is 12.1 Å². The van der Waals surface area contributed by atoms with Crippen LogP contribution in [0.5, 0.6) is 5.75 Å². The van der Waals surface area contributed by atoms with Crippen LogP contribution in [0, 0.1) is 6.92 Å². The van der Waals surface area contributed by atoms with Crippen molar-refractivity contribution in [1.82, 2.24) is 14.6 Å². The highest BCUT2D eigenvalue weighted by molar-refractivity contribution is 7.99. The van der Waals surface area contributed by atoms with Crippen LogP contribution < -0.4 is 15.4 Å². The van der Waals surface area contributed by atoms with Crippen LogP contribution in [0.4, 0.5) is 11.4 Å². The van der Waals surface area contributed by atoms with E-state index >= 15 is 0 Å². The van der Waals surface area contributed by atoms with E-state index in [1.807, 2.05) is 31.2 Å². The van der Waals surface area contributed by atoms with Gasteiger partial charge in [-0.05, 0) is 43.3 Å². The smallest absolute Gasteiger partial charge is 0.257 e. The van der Waals surface area contributed by atoms with Crippen LogP contribution in [-0.4, -0.2) is 39.3 Å². The molecule has 4 rings (SSSR count). The summed E-state index contributed by atoms with van der Waals surface area (Å²) in [5, 5.41) is 14.5. The molecule has 0 aliphatic heterocycles. The molecule has 2 aromatic carbocycles. The van der Waals surface area contributed by atoms with E-state index < -0.39 is 0 Å². The molecule has 0 bridgehead atoms. The van der Waals surface area contributed by atoms with Gasteiger partial charge in [-0.15, -0.1) is 10.2 Å². The molecular formula is C23H21N5O3S. The topological polar surface area (TPSA) is 97.6 Å². The first-order valence-electron chi connectivity index (χ1n) is 9.81. The zero-order chi connectivity index (χ0) is 22.5. The average Bonchev–Trinajstić information content (AvgIpc) is 3.21. The Hall–Kier alpha value is -3.85. The summed E-state index contributed by atoms with van der Waals surface area (Å²) in [5.74, 6) is 0.373. The summed E-state index contributed by atoms with van der Waals surface area (Å²) in [6.45, 7) is 1.99. The van der Waals surface area contributed by atoms with Gasteiger partial charge in [-0.1, -0.05) is 35.5 Å². The Labute approximate surface area is 189 Å². The molecule has 0 unspecified atom stereocenters. The number of pyridine rings is 1. The van der Waals surface area contributed by atoms with Crippen LogP contribution in [0.1, 0.15) is 15.9 Å². The third-order valence-corrected chi connectivity index (χ3v) is 5.57. The number of benzene rings is 2. The standard InChI is InChI=1S/C23H21N5O3S/c1-15-6-9-17(10-7-15)25-22(30)16-8-11-20-26-27-23(28(20)13-16)32-14-21(29)24-18-4-3-5-19(12-18)31-2/h3-13H,14H2,1-2H3,(H,24,29)(H,25,30). The summed E-state index contributed by atoms with van der Waals surface area (Å²) in [5.41, 5.74) is 3.53. The van der Waals surface area contributed by atoms with E-state index in [1.54, 1.807) is 54.1 Å². The van der Waals surface area contributed by atoms with E-state index in [1.165, 1.54) is 11.8 Å². The van der Waals surface area contributed by atoms with Crippen LogP contribution in [0.25, 0.3) is 5.65 Å². The third-order valence-electron chi connectivity index (χ3n) is 4.63. The van der Waals surface area contributed by atoms with E-state index in [0.717, 1.165) is 5.56 Å². The molecule has 2 N–H and O–H groups in total. The van der Waals surface area contributed by atoms with E-state index in [4.69, 9.17) is 4.74 Å². The maximum atomic E-state index is 12.7. The maximum Gasteiger partial charge on any atom is 0.257 e. The van der Waals surface area contributed by atoms with Crippen molar-refractivity contribution in [2.24, 2.45) is 0 Å². The number of nitrogens with zero attached hydrogens (tertiary/aromatic N) is 3. The largest absolute Gasteiger partial charge is 0.497 e. The zero-order valence-corrected chi connectivity index (χ0v) is 18.3. The van der Waals surface area contributed by atoms with Crippen LogP contribution >= 0.6 is 11.8 Å². The fourth-order valence-electron chi connectivity index (χ4n) is 2.97. The second-order valence-corrected chi connectivity index (χ2v) is 7.96. The Kier molecular flexibility index (Phi) is 6.37. The number of hydrogen-bond acceptors (Lipinski definition) is 6. The molecule has 0 saturated carbocycles.